The molecule has 5 nitrogen and oxygen atoms in total. The van der Waals surface area contributed by atoms with E-state index in [9.17, 15) is 14.0 Å². The fourth-order valence-electron chi connectivity index (χ4n) is 2.11. The Morgan fingerprint density at radius 3 is 2.60 bits per heavy atom. The van der Waals surface area contributed by atoms with Crippen LogP contribution < -0.4 is 10.1 Å². The van der Waals surface area contributed by atoms with Gasteiger partial charge in [-0.15, -0.1) is 0 Å². The minimum Gasteiger partial charge on any atom is -0.488 e. The number of carboxylic acids is 1. The van der Waals surface area contributed by atoms with Crippen molar-refractivity contribution in [2.45, 2.75) is 26.0 Å². The predicted octanol–water partition coefficient (Wildman–Crippen LogP) is 3.54. The first-order chi connectivity index (χ1) is 12.0. The molecule has 0 saturated carbocycles. The second-order valence-electron chi connectivity index (χ2n) is 5.27. The maximum atomic E-state index is 13.8. The first kappa shape index (κ1) is 18.7. The molecule has 2 aromatic rings. The summed E-state index contributed by atoms with van der Waals surface area (Å²) >= 11 is 5.97. The van der Waals surface area contributed by atoms with Gasteiger partial charge in [0.25, 0.3) is 0 Å². The van der Waals surface area contributed by atoms with Crippen LogP contribution in [0.2, 0.25) is 5.02 Å². The van der Waals surface area contributed by atoms with Crippen LogP contribution >= 0.6 is 11.6 Å². The van der Waals surface area contributed by atoms with E-state index in [1.165, 1.54) is 12.1 Å². The Balaban J connectivity index is 1.98. The van der Waals surface area contributed by atoms with Gasteiger partial charge in [0.2, 0.25) is 5.91 Å². The van der Waals surface area contributed by atoms with Crippen LogP contribution in [0, 0.1) is 5.82 Å². The Labute approximate surface area is 149 Å². The molecule has 2 N–H and O–H groups in total. The van der Waals surface area contributed by atoms with Crippen LogP contribution in [0.15, 0.2) is 42.5 Å². The third kappa shape index (κ3) is 5.76. The molecule has 0 spiro atoms. The van der Waals surface area contributed by atoms with Crippen LogP contribution in [0.4, 0.5) is 4.39 Å². The molecule has 0 heterocycles. The summed E-state index contributed by atoms with van der Waals surface area (Å²) in [6.07, 6.45) is -0.320. The standard InChI is InChI=1S/C18H17ClFNO4/c19-14-5-3-6-15(20)13(14)11-25-16-7-2-1-4-12(16)10-21-17(22)8-9-18(23)24/h1-7H,8-11H2,(H,21,22)(H,23,24). The van der Waals surface area contributed by atoms with Gasteiger partial charge in [-0.1, -0.05) is 35.9 Å². The number of para-hydroxylation sites is 1. The van der Waals surface area contributed by atoms with E-state index < -0.39 is 11.8 Å². The van der Waals surface area contributed by atoms with Crippen molar-refractivity contribution < 1.29 is 23.8 Å². The number of benzene rings is 2. The molecule has 7 heteroatoms. The second kappa shape index (κ2) is 9.03. The van der Waals surface area contributed by atoms with Crippen molar-refractivity contribution in [1.29, 1.82) is 0 Å². The zero-order chi connectivity index (χ0) is 18.2. The fraction of sp³-hybridized carbons (Fsp3) is 0.222. The van der Waals surface area contributed by atoms with E-state index in [1.54, 1.807) is 30.3 Å². The average Bonchev–Trinajstić information content (AvgIpc) is 2.58. The van der Waals surface area contributed by atoms with Gasteiger partial charge in [-0.3, -0.25) is 9.59 Å². The molecular formula is C18H17ClFNO4. The van der Waals surface area contributed by atoms with Crippen molar-refractivity contribution in [2.75, 3.05) is 0 Å². The molecule has 25 heavy (non-hydrogen) atoms. The van der Waals surface area contributed by atoms with E-state index in [-0.39, 0.29) is 42.5 Å². The number of nitrogens with one attached hydrogen (secondary N) is 1. The molecule has 0 atom stereocenters. The molecule has 2 rings (SSSR count). The third-order valence-electron chi connectivity index (χ3n) is 3.45. The van der Waals surface area contributed by atoms with Crippen molar-refractivity contribution in [3.63, 3.8) is 0 Å². The van der Waals surface area contributed by atoms with E-state index in [0.717, 1.165) is 0 Å². The Bertz CT molecular complexity index is 746. The zero-order valence-electron chi connectivity index (χ0n) is 13.3. The number of ether oxygens (including phenoxy) is 1. The smallest absolute Gasteiger partial charge is 0.303 e. The number of amides is 1. The number of hydrogen-bond donors (Lipinski definition) is 2. The number of aliphatic carboxylic acids is 1. The molecule has 1 amide bonds. The van der Waals surface area contributed by atoms with Gasteiger partial charge < -0.3 is 15.2 Å². The minimum absolute atomic E-state index is 0.0462. The molecule has 132 valence electrons. The SMILES string of the molecule is O=C(O)CCC(=O)NCc1ccccc1OCc1c(F)cccc1Cl. The van der Waals surface area contributed by atoms with Crippen molar-refractivity contribution in [3.8, 4) is 5.75 Å². The molecule has 0 bridgehead atoms. The highest BCUT2D eigenvalue weighted by molar-refractivity contribution is 6.31. The van der Waals surface area contributed by atoms with Gasteiger partial charge in [0, 0.05) is 24.1 Å². The largest absolute Gasteiger partial charge is 0.488 e. The van der Waals surface area contributed by atoms with Crippen molar-refractivity contribution in [3.05, 3.63) is 64.4 Å². The lowest BCUT2D eigenvalue weighted by Gasteiger charge is -2.13. The molecule has 0 radical (unpaired) electrons. The topological polar surface area (TPSA) is 75.6 Å². The van der Waals surface area contributed by atoms with Crippen molar-refractivity contribution in [2.24, 2.45) is 0 Å². The summed E-state index contributed by atoms with van der Waals surface area (Å²) in [5, 5.41) is 11.5. The number of halogens is 2. The lowest BCUT2D eigenvalue weighted by Crippen LogP contribution is -2.23. The quantitative estimate of drug-likeness (QED) is 0.750. The first-order valence-electron chi connectivity index (χ1n) is 7.59. The predicted molar refractivity (Wildman–Crippen MR) is 90.9 cm³/mol. The summed E-state index contributed by atoms with van der Waals surface area (Å²) < 4.78 is 19.4. The Hall–Kier alpha value is -2.60. The van der Waals surface area contributed by atoms with Crippen LogP contribution in [0.5, 0.6) is 5.75 Å². The summed E-state index contributed by atoms with van der Waals surface area (Å²) in [7, 11) is 0. The molecule has 0 aliphatic heterocycles. The lowest BCUT2D eigenvalue weighted by atomic mass is 10.2. The second-order valence-corrected chi connectivity index (χ2v) is 5.67. The first-order valence-corrected chi connectivity index (χ1v) is 7.97. The van der Waals surface area contributed by atoms with Gasteiger partial charge in [-0.25, -0.2) is 4.39 Å². The van der Waals surface area contributed by atoms with Crippen molar-refractivity contribution >= 4 is 23.5 Å². The number of rotatable bonds is 8. The molecule has 0 aliphatic rings. The van der Waals surface area contributed by atoms with Gasteiger partial charge in [-0.05, 0) is 18.2 Å². The normalized spacial score (nSPS) is 10.3. The van der Waals surface area contributed by atoms with Gasteiger partial charge >= 0.3 is 5.97 Å². The van der Waals surface area contributed by atoms with Crippen LogP contribution in [-0.2, 0) is 22.7 Å². The molecule has 2 aromatic carbocycles. The fourth-order valence-corrected chi connectivity index (χ4v) is 2.33. The number of carbonyl (C=O) groups is 2. The summed E-state index contributed by atoms with van der Waals surface area (Å²) in [6.45, 7) is 0.134. The Morgan fingerprint density at radius 2 is 1.88 bits per heavy atom. The maximum absolute atomic E-state index is 13.8. The zero-order valence-corrected chi connectivity index (χ0v) is 14.1. The molecule has 0 saturated heterocycles. The highest BCUT2D eigenvalue weighted by Gasteiger charge is 2.11. The van der Waals surface area contributed by atoms with Crippen molar-refractivity contribution in [1.82, 2.24) is 5.32 Å². The Kier molecular flexibility index (Phi) is 6.77. The van der Waals surface area contributed by atoms with Gasteiger partial charge in [0.05, 0.1) is 11.4 Å². The van der Waals surface area contributed by atoms with E-state index in [4.69, 9.17) is 21.4 Å². The maximum Gasteiger partial charge on any atom is 0.303 e. The monoisotopic (exact) mass is 365 g/mol. The third-order valence-corrected chi connectivity index (χ3v) is 3.80. The highest BCUT2D eigenvalue weighted by atomic mass is 35.5. The summed E-state index contributed by atoms with van der Waals surface area (Å²) in [5.74, 6) is -1.36. The molecule has 0 fully saturated rings. The van der Waals surface area contributed by atoms with E-state index >= 15 is 0 Å². The molecule has 0 unspecified atom stereocenters. The molecule has 0 aromatic heterocycles. The van der Waals surface area contributed by atoms with Crippen LogP contribution in [0.3, 0.4) is 0 Å². The average molecular weight is 366 g/mol. The van der Waals surface area contributed by atoms with Gasteiger partial charge in [-0.2, -0.15) is 0 Å². The van der Waals surface area contributed by atoms with E-state index in [1.807, 2.05) is 0 Å². The van der Waals surface area contributed by atoms with Crippen LogP contribution in [0.25, 0.3) is 0 Å². The van der Waals surface area contributed by atoms with Crippen LogP contribution in [-0.4, -0.2) is 17.0 Å². The minimum atomic E-state index is -1.03. The number of hydrogen-bond acceptors (Lipinski definition) is 3. The molecular weight excluding hydrogens is 349 g/mol. The lowest BCUT2D eigenvalue weighted by molar-refractivity contribution is -0.138. The van der Waals surface area contributed by atoms with Crippen LogP contribution in [0.1, 0.15) is 24.0 Å². The Morgan fingerprint density at radius 1 is 1.12 bits per heavy atom. The van der Waals surface area contributed by atoms with Gasteiger partial charge in [0.15, 0.2) is 0 Å². The summed E-state index contributed by atoms with van der Waals surface area (Å²) in [6, 6.07) is 11.4. The number of carboxylic acid groups (broad SMARTS) is 1. The van der Waals surface area contributed by atoms with E-state index in [0.29, 0.717) is 11.3 Å². The van der Waals surface area contributed by atoms with Gasteiger partial charge in [0.1, 0.15) is 18.2 Å². The highest BCUT2D eigenvalue weighted by Crippen LogP contribution is 2.23. The summed E-state index contributed by atoms with van der Waals surface area (Å²) in [4.78, 5) is 22.1. The summed E-state index contributed by atoms with van der Waals surface area (Å²) in [5.41, 5.74) is 0.947. The van der Waals surface area contributed by atoms with E-state index in [2.05, 4.69) is 5.32 Å². The molecule has 0 aliphatic carbocycles. The number of carbonyl (C=O) groups excluding carboxylic acids is 1.